The van der Waals surface area contributed by atoms with Gasteiger partial charge >= 0.3 is 0 Å². The highest BCUT2D eigenvalue weighted by Crippen LogP contribution is 2.48. The van der Waals surface area contributed by atoms with Crippen molar-refractivity contribution in [2.24, 2.45) is 10.8 Å². The third-order valence-corrected chi connectivity index (χ3v) is 4.44. The summed E-state index contributed by atoms with van der Waals surface area (Å²) in [6.45, 7) is 8.41. The largest absolute Gasteiger partial charge is 0.508 e. The van der Waals surface area contributed by atoms with Crippen LogP contribution in [0.2, 0.25) is 0 Å². The fraction of sp³-hybridized carbons (Fsp3) is 0.444. The van der Waals surface area contributed by atoms with E-state index in [0.29, 0.717) is 12.2 Å². The molecular formula is C18H24O2. The minimum absolute atomic E-state index is 0.121. The highest BCUT2D eigenvalue weighted by molar-refractivity contribution is 5.39. The number of allylic oxidation sites excluding steroid dienone is 2. The van der Waals surface area contributed by atoms with Crippen LogP contribution in [-0.2, 0) is 6.42 Å². The van der Waals surface area contributed by atoms with E-state index in [1.807, 2.05) is 37.3 Å². The molecule has 2 nitrogen and oxygen atoms in total. The number of phenolic OH excluding ortho intramolecular Hbond substituents is 1. The van der Waals surface area contributed by atoms with Crippen molar-refractivity contribution >= 4 is 0 Å². The molecule has 0 bridgehead atoms. The predicted molar refractivity (Wildman–Crippen MR) is 82.7 cm³/mol. The smallest absolute Gasteiger partial charge is 0.118 e. The summed E-state index contributed by atoms with van der Waals surface area (Å²) in [4.78, 5) is 0. The summed E-state index contributed by atoms with van der Waals surface area (Å²) in [7, 11) is 0. The molecule has 2 rings (SSSR count). The first-order valence-electron chi connectivity index (χ1n) is 7.09. The van der Waals surface area contributed by atoms with E-state index in [1.54, 1.807) is 6.07 Å². The van der Waals surface area contributed by atoms with Crippen molar-refractivity contribution in [1.82, 2.24) is 0 Å². The Morgan fingerprint density at radius 2 is 1.90 bits per heavy atom. The van der Waals surface area contributed by atoms with Gasteiger partial charge < -0.3 is 10.2 Å². The molecule has 0 spiro atoms. The SMILES string of the molecule is Cc1ccc(O)c(CC2(C(C)(C)C)C=CC=CC2O)c1. The Morgan fingerprint density at radius 1 is 1.20 bits per heavy atom. The van der Waals surface area contributed by atoms with Crippen molar-refractivity contribution in [2.45, 2.75) is 40.2 Å². The summed E-state index contributed by atoms with van der Waals surface area (Å²) in [5.74, 6) is 0.300. The first kappa shape index (κ1) is 14.9. The summed E-state index contributed by atoms with van der Waals surface area (Å²) in [6.07, 6.45) is 7.85. The quantitative estimate of drug-likeness (QED) is 0.860. The van der Waals surface area contributed by atoms with Gasteiger partial charge in [0.05, 0.1) is 6.10 Å². The van der Waals surface area contributed by atoms with Crippen molar-refractivity contribution in [3.63, 3.8) is 0 Å². The second-order valence-electron chi connectivity index (χ2n) is 6.79. The standard InChI is InChI=1S/C18H24O2/c1-13-8-9-15(19)14(11-13)12-18(17(2,3)4)10-6-5-7-16(18)20/h5-11,16,19-20H,12H2,1-4H3. The van der Waals surface area contributed by atoms with Crippen molar-refractivity contribution < 1.29 is 10.2 Å². The molecule has 108 valence electrons. The van der Waals surface area contributed by atoms with Gasteiger partial charge in [0.15, 0.2) is 0 Å². The number of benzene rings is 1. The van der Waals surface area contributed by atoms with Crippen LogP contribution >= 0.6 is 0 Å². The van der Waals surface area contributed by atoms with Crippen molar-refractivity contribution in [2.75, 3.05) is 0 Å². The van der Waals surface area contributed by atoms with Crippen molar-refractivity contribution in [1.29, 1.82) is 0 Å². The zero-order chi connectivity index (χ0) is 15.0. The van der Waals surface area contributed by atoms with E-state index in [4.69, 9.17) is 0 Å². The molecule has 1 aliphatic carbocycles. The molecule has 20 heavy (non-hydrogen) atoms. The summed E-state index contributed by atoms with van der Waals surface area (Å²) in [6, 6.07) is 5.63. The van der Waals surface area contributed by atoms with Gasteiger partial charge in [-0.15, -0.1) is 0 Å². The molecule has 0 aromatic heterocycles. The zero-order valence-electron chi connectivity index (χ0n) is 12.7. The van der Waals surface area contributed by atoms with Crippen LogP contribution in [-0.4, -0.2) is 16.3 Å². The van der Waals surface area contributed by atoms with Crippen LogP contribution < -0.4 is 0 Å². The van der Waals surface area contributed by atoms with Gasteiger partial charge in [-0.1, -0.05) is 62.8 Å². The third-order valence-electron chi connectivity index (χ3n) is 4.44. The number of hydrogen-bond acceptors (Lipinski definition) is 2. The van der Waals surface area contributed by atoms with E-state index in [1.165, 1.54) is 0 Å². The van der Waals surface area contributed by atoms with Crippen LogP contribution in [0.4, 0.5) is 0 Å². The first-order valence-corrected chi connectivity index (χ1v) is 7.09. The molecule has 2 unspecified atom stereocenters. The van der Waals surface area contributed by atoms with Gasteiger partial charge in [0.25, 0.3) is 0 Å². The normalized spacial score (nSPS) is 25.9. The molecule has 0 saturated heterocycles. The molecule has 1 aromatic carbocycles. The highest BCUT2D eigenvalue weighted by Gasteiger charge is 2.45. The van der Waals surface area contributed by atoms with Gasteiger partial charge in [0.2, 0.25) is 0 Å². The van der Waals surface area contributed by atoms with Crippen LogP contribution in [0.3, 0.4) is 0 Å². The summed E-state index contributed by atoms with van der Waals surface area (Å²) in [5, 5.41) is 20.7. The van der Waals surface area contributed by atoms with E-state index < -0.39 is 11.5 Å². The lowest BCUT2D eigenvalue weighted by Gasteiger charge is -2.46. The molecule has 0 aliphatic heterocycles. The maximum atomic E-state index is 10.6. The number of aliphatic hydroxyl groups is 1. The molecule has 1 aliphatic rings. The van der Waals surface area contributed by atoms with Crippen LogP contribution in [0.5, 0.6) is 5.75 Å². The maximum Gasteiger partial charge on any atom is 0.118 e. The third kappa shape index (κ3) is 2.53. The number of hydrogen-bond donors (Lipinski definition) is 2. The number of phenols is 1. The molecule has 0 heterocycles. The van der Waals surface area contributed by atoms with Crippen molar-refractivity contribution in [3.8, 4) is 5.75 Å². The van der Waals surface area contributed by atoms with E-state index in [2.05, 4.69) is 26.8 Å². The Balaban J connectivity index is 2.47. The van der Waals surface area contributed by atoms with E-state index >= 15 is 0 Å². The Bertz CT molecular complexity index is 549. The van der Waals surface area contributed by atoms with Gasteiger partial charge in [-0.3, -0.25) is 0 Å². The molecule has 0 radical (unpaired) electrons. The van der Waals surface area contributed by atoms with Crippen molar-refractivity contribution in [3.05, 3.63) is 53.6 Å². The molecule has 0 fully saturated rings. The first-order chi connectivity index (χ1) is 9.26. The van der Waals surface area contributed by atoms with E-state index in [-0.39, 0.29) is 5.41 Å². The molecule has 2 atom stereocenters. The van der Waals surface area contributed by atoms with E-state index in [0.717, 1.165) is 11.1 Å². The highest BCUT2D eigenvalue weighted by atomic mass is 16.3. The number of rotatable bonds is 2. The lowest BCUT2D eigenvalue weighted by Crippen LogP contribution is -2.46. The Morgan fingerprint density at radius 3 is 2.50 bits per heavy atom. The molecule has 2 heteroatoms. The van der Waals surface area contributed by atoms with Gasteiger partial charge in [0, 0.05) is 5.41 Å². The number of aliphatic hydroxyl groups excluding tert-OH is 1. The average molecular weight is 272 g/mol. The van der Waals surface area contributed by atoms with E-state index in [9.17, 15) is 10.2 Å². The molecule has 0 amide bonds. The predicted octanol–water partition coefficient (Wildman–Crippen LogP) is 3.76. The summed E-state index contributed by atoms with van der Waals surface area (Å²) < 4.78 is 0. The molecule has 0 saturated carbocycles. The fourth-order valence-electron chi connectivity index (χ4n) is 2.96. The maximum absolute atomic E-state index is 10.6. The zero-order valence-corrected chi connectivity index (χ0v) is 12.7. The molecular weight excluding hydrogens is 248 g/mol. The van der Waals surface area contributed by atoms with Gasteiger partial charge in [-0.25, -0.2) is 0 Å². The van der Waals surface area contributed by atoms with Crippen LogP contribution in [0.15, 0.2) is 42.5 Å². The van der Waals surface area contributed by atoms with Gasteiger partial charge in [0.1, 0.15) is 5.75 Å². The number of aryl methyl sites for hydroxylation is 1. The second-order valence-corrected chi connectivity index (χ2v) is 6.79. The van der Waals surface area contributed by atoms with Crippen LogP contribution in [0.25, 0.3) is 0 Å². The topological polar surface area (TPSA) is 40.5 Å². The lowest BCUT2D eigenvalue weighted by atomic mass is 9.59. The second kappa shape index (κ2) is 5.10. The number of aromatic hydroxyl groups is 1. The Hall–Kier alpha value is -1.54. The average Bonchev–Trinajstić information content (AvgIpc) is 2.35. The molecule has 1 aromatic rings. The summed E-state index contributed by atoms with van der Waals surface area (Å²) in [5.41, 5.74) is 1.47. The lowest BCUT2D eigenvalue weighted by molar-refractivity contribution is 0.00983. The summed E-state index contributed by atoms with van der Waals surface area (Å²) >= 11 is 0. The van der Waals surface area contributed by atoms with Gasteiger partial charge in [-0.05, 0) is 30.4 Å². The minimum Gasteiger partial charge on any atom is -0.508 e. The monoisotopic (exact) mass is 272 g/mol. The Labute approximate surface area is 121 Å². The fourth-order valence-corrected chi connectivity index (χ4v) is 2.96. The van der Waals surface area contributed by atoms with Crippen LogP contribution in [0, 0.1) is 17.8 Å². The minimum atomic E-state index is -0.549. The Kier molecular flexibility index (Phi) is 3.79. The van der Waals surface area contributed by atoms with Crippen LogP contribution in [0.1, 0.15) is 31.9 Å². The van der Waals surface area contributed by atoms with Gasteiger partial charge in [-0.2, -0.15) is 0 Å². The molecule has 2 N–H and O–H groups in total.